The Morgan fingerprint density at radius 1 is 1.43 bits per heavy atom. The molecule has 2 heterocycles. The van der Waals surface area contributed by atoms with Crippen LogP contribution in [-0.2, 0) is 0 Å². The summed E-state index contributed by atoms with van der Waals surface area (Å²) in [6, 6.07) is 0. The van der Waals surface area contributed by atoms with Crippen LogP contribution in [0.25, 0.3) is 11.0 Å². The minimum atomic E-state index is -0.306. The maximum absolute atomic E-state index is 11.1. The van der Waals surface area contributed by atoms with Crippen LogP contribution < -0.4 is 5.69 Å². The predicted molar refractivity (Wildman–Crippen MR) is 51.1 cm³/mol. The Morgan fingerprint density at radius 3 is 3.00 bits per heavy atom. The number of nitrogens with zero attached hydrogens (tertiary/aromatic N) is 2. The molecular weight excluding hydrogens is 180 g/mol. The molecule has 5 nitrogen and oxygen atoms in total. The van der Waals surface area contributed by atoms with Crippen molar-refractivity contribution in [3.05, 3.63) is 22.4 Å². The fourth-order valence-corrected chi connectivity index (χ4v) is 1.85. The molecule has 1 saturated carbocycles. The van der Waals surface area contributed by atoms with Crippen LogP contribution in [0.3, 0.4) is 0 Å². The zero-order valence-electron chi connectivity index (χ0n) is 7.58. The van der Waals surface area contributed by atoms with E-state index in [1.807, 2.05) is 0 Å². The van der Waals surface area contributed by atoms with Gasteiger partial charge < -0.3 is 4.98 Å². The summed E-state index contributed by atoms with van der Waals surface area (Å²) in [6.07, 6.45) is 5.14. The minimum Gasteiger partial charge on any atom is -0.302 e. The van der Waals surface area contributed by atoms with E-state index in [0.717, 1.165) is 16.7 Å². The fraction of sp³-hybridized carbons (Fsp3) is 0.444. The van der Waals surface area contributed by atoms with Crippen molar-refractivity contribution in [1.29, 1.82) is 0 Å². The second-order valence-electron chi connectivity index (χ2n) is 3.71. The Hall–Kier alpha value is -1.65. The molecule has 1 aliphatic rings. The molecule has 3 rings (SSSR count). The molecule has 14 heavy (non-hydrogen) atoms. The first-order chi connectivity index (χ1) is 6.84. The van der Waals surface area contributed by atoms with Crippen molar-refractivity contribution in [3.8, 4) is 0 Å². The van der Waals surface area contributed by atoms with Crippen molar-refractivity contribution in [3.63, 3.8) is 0 Å². The van der Waals surface area contributed by atoms with Gasteiger partial charge in [0.2, 0.25) is 0 Å². The molecule has 2 N–H and O–H groups in total. The van der Waals surface area contributed by atoms with Gasteiger partial charge in [0.15, 0.2) is 0 Å². The van der Waals surface area contributed by atoms with Gasteiger partial charge in [0, 0.05) is 5.92 Å². The number of hydrogen-bond acceptors (Lipinski definition) is 3. The number of fused-ring (bicyclic) bond motifs is 1. The minimum absolute atomic E-state index is 0.306. The van der Waals surface area contributed by atoms with Gasteiger partial charge in [0.25, 0.3) is 0 Å². The summed E-state index contributed by atoms with van der Waals surface area (Å²) >= 11 is 0. The average molecular weight is 190 g/mol. The predicted octanol–water partition coefficient (Wildman–Crippen LogP) is 0.914. The lowest BCUT2D eigenvalue weighted by Crippen LogP contribution is -2.12. The highest BCUT2D eigenvalue weighted by Crippen LogP contribution is 2.37. The summed E-state index contributed by atoms with van der Waals surface area (Å²) in [4.78, 5) is 17.4. The number of aromatic nitrogens is 4. The standard InChI is InChI=1S/C9H10N4O/c14-9-10-4-6-8(11-9)7(13-12-6)5-2-1-3-5/h4-5H,1-3H2,(H,12,13)(H,10,11,14). The van der Waals surface area contributed by atoms with Crippen LogP contribution in [0.15, 0.2) is 11.0 Å². The van der Waals surface area contributed by atoms with Crippen molar-refractivity contribution in [2.24, 2.45) is 0 Å². The molecule has 2 aromatic heterocycles. The highest BCUT2D eigenvalue weighted by Gasteiger charge is 2.23. The van der Waals surface area contributed by atoms with Crippen LogP contribution in [-0.4, -0.2) is 20.2 Å². The molecular formula is C9H10N4O. The van der Waals surface area contributed by atoms with Gasteiger partial charge in [-0.2, -0.15) is 10.1 Å². The van der Waals surface area contributed by atoms with E-state index in [1.54, 1.807) is 0 Å². The van der Waals surface area contributed by atoms with E-state index < -0.39 is 0 Å². The second kappa shape index (κ2) is 2.67. The molecule has 0 amide bonds. The normalized spacial score (nSPS) is 17.1. The molecule has 0 spiro atoms. The lowest BCUT2D eigenvalue weighted by molar-refractivity contribution is 0.412. The fourth-order valence-electron chi connectivity index (χ4n) is 1.85. The SMILES string of the molecule is O=c1ncc2n[nH]c(C3CCC3)c2[nH]1. The zero-order chi connectivity index (χ0) is 9.54. The van der Waals surface area contributed by atoms with Gasteiger partial charge in [0.05, 0.1) is 17.4 Å². The smallest absolute Gasteiger partial charge is 0.302 e. The molecule has 1 aliphatic carbocycles. The Labute approximate surface area is 79.6 Å². The van der Waals surface area contributed by atoms with E-state index in [4.69, 9.17) is 0 Å². The van der Waals surface area contributed by atoms with Gasteiger partial charge in [-0.05, 0) is 12.8 Å². The van der Waals surface area contributed by atoms with Crippen LogP contribution >= 0.6 is 0 Å². The molecule has 0 unspecified atom stereocenters. The molecule has 0 aromatic carbocycles. The van der Waals surface area contributed by atoms with Gasteiger partial charge in [0.1, 0.15) is 5.52 Å². The Morgan fingerprint density at radius 2 is 2.29 bits per heavy atom. The molecule has 2 aromatic rings. The molecule has 0 aliphatic heterocycles. The van der Waals surface area contributed by atoms with Crippen molar-refractivity contribution in [2.75, 3.05) is 0 Å². The summed E-state index contributed by atoms with van der Waals surface area (Å²) < 4.78 is 0. The quantitative estimate of drug-likeness (QED) is 0.702. The van der Waals surface area contributed by atoms with E-state index in [0.29, 0.717) is 5.92 Å². The molecule has 5 heteroatoms. The summed E-state index contributed by atoms with van der Waals surface area (Å²) in [6.45, 7) is 0. The van der Waals surface area contributed by atoms with Crippen LogP contribution in [0.1, 0.15) is 30.9 Å². The molecule has 0 bridgehead atoms. The lowest BCUT2D eigenvalue weighted by Gasteiger charge is -2.23. The molecule has 0 saturated heterocycles. The first kappa shape index (κ1) is 7.73. The van der Waals surface area contributed by atoms with Gasteiger partial charge in [-0.1, -0.05) is 6.42 Å². The zero-order valence-corrected chi connectivity index (χ0v) is 7.58. The van der Waals surface area contributed by atoms with Crippen LogP contribution in [0, 0.1) is 0 Å². The van der Waals surface area contributed by atoms with Gasteiger partial charge in [-0.25, -0.2) is 4.79 Å². The first-order valence-corrected chi connectivity index (χ1v) is 4.78. The molecule has 0 atom stereocenters. The van der Waals surface area contributed by atoms with Gasteiger partial charge >= 0.3 is 5.69 Å². The van der Waals surface area contributed by atoms with Crippen molar-refractivity contribution < 1.29 is 0 Å². The lowest BCUT2D eigenvalue weighted by atomic mass is 9.83. The maximum atomic E-state index is 11.1. The topological polar surface area (TPSA) is 74.4 Å². The number of aromatic amines is 2. The summed E-state index contributed by atoms with van der Waals surface area (Å²) in [7, 11) is 0. The third-order valence-corrected chi connectivity index (χ3v) is 2.87. The van der Waals surface area contributed by atoms with Gasteiger partial charge in [-0.3, -0.25) is 5.10 Å². The van der Waals surface area contributed by atoms with Crippen molar-refractivity contribution in [2.45, 2.75) is 25.2 Å². The number of nitrogens with one attached hydrogen (secondary N) is 2. The highest BCUT2D eigenvalue weighted by atomic mass is 16.1. The Balaban J connectivity index is 2.23. The van der Waals surface area contributed by atoms with E-state index >= 15 is 0 Å². The summed E-state index contributed by atoms with van der Waals surface area (Å²) in [5.74, 6) is 0.540. The van der Waals surface area contributed by atoms with Crippen molar-refractivity contribution in [1.82, 2.24) is 20.2 Å². The first-order valence-electron chi connectivity index (χ1n) is 4.78. The van der Waals surface area contributed by atoms with E-state index in [2.05, 4.69) is 20.2 Å². The Kier molecular flexibility index (Phi) is 1.47. The molecule has 72 valence electrons. The average Bonchev–Trinajstić information content (AvgIpc) is 2.46. The van der Waals surface area contributed by atoms with Crippen LogP contribution in [0.2, 0.25) is 0 Å². The maximum Gasteiger partial charge on any atom is 0.345 e. The molecule has 1 fully saturated rings. The summed E-state index contributed by atoms with van der Waals surface area (Å²) in [5, 5.41) is 7.09. The summed E-state index contributed by atoms with van der Waals surface area (Å²) in [5.41, 5.74) is 2.33. The largest absolute Gasteiger partial charge is 0.345 e. The third-order valence-electron chi connectivity index (χ3n) is 2.87. The number of hydrogen-bond donors (Lipinski definition) is 2. The second-order valence-corrected chi connectivity index (χ2v) is 3.71. The monoisotopic (exact) mass is 190 g/mol. The number of H-pyrrole nitrogens is 2. The number of rotatable bonds is 1. The van der Waals surface area contributed by atoms with Crippen molar-refractivity contribution >= 4 is 11.0 Å². The molecule has 0 radical (unpaired) electrons. The van der Waals surface area contributed by atoms with Crippen LogP contribution in [0.4, 0.5) is 0 Å². The Bertz CT molecular complexity index is 523. The van der Waals surface area contributed by atoms with E-state index in [9.17, 15) is 4.79 Å². The highest BCUT2D eigenvalue weighted by molar-refractivity contribution is 5.76. The van der Waals surface area contributed by atoms with E-state index in [1.165, 1.54) is 25.5 Å². The van der Waals surface area contributed by atoms with Gasteiger partial charge in [-0.15, -0.1) is 0 Å². The van der Waals surface area contributed by atoms with E-state index in [-0.39, 0.29) is 5.69 Å². The van der Waals surface area contributed by atoms with Crippen LogP contribution in [0.5, 0.6) is 0 Å². The third kappa shape index (κ3) is 0.982.